The van der Waals surface area contributed by atoms with Crippen LogP contribution in [0.3, 0.4) is 0 Å². The summed E-state index contributed by atoms with van der Waals surface area (Å²) < 4.78 is 2.05. The predicted octanol–water partition coefficient (Wildman–Crippen LogP) is 4.15. The van der Waals surface area contributed by atoms with Crippen LogP contribution in [0.1, 0.15) is 52.4 Å². The van der Waals surface area contributed by atoms with Crippen LogP contribution >= 0.6 is 0 Å². The van der Waals surface area contributed by atoms with E-state index in [1.165, 1.54) is 11.1 Å². The van der Waals surface area contributed by atoms with Crippen molar-refractivity contribution in [2.45, 2.75) is 26.3 Å². The molecule has 3 rings (SSSR count). The van der Waals surface area contributed by atoms with Gasteiger partial charge in [-0.2, -0.15) is 0 Å². The number of aromatic carboxylic acids is 1. The van der Waals surface area contributed by atoms with Crippen LogP contribution in [0, 0.1) is 11.8 Å². The van der Waals surface area contributed by atoms with Crippen LogP contribution in [0.4, 0.5) is 0 Å². The molecule has 0 unspecified atom stereocenters. The van der Waals surface area contributed by atoms with Crippen LogP contribution in [0.25, 0.3) is 0 Å². The predicted molar refractivity (Wildman–Crippen MR) is 101 cm³/mol. The lowest BCUT2D eigenvalue weighted by Crippen LogP contribution is -2.03. The molecule has 0 amide bonds. The molecule has 130 valence electrons. The second kappa shape index (κ2) is 7.71. The fraction of sp³-hybridized carbons (Fsp3) is 0.182. The summed E-state index contributed by atoms with van der Waals surface area (Å²) in [4.78, 5) is 15.0. The van der Waals surface area contributed by atoms with Crippen LogP contribution in [0.2, 0.25) is 0 Å². The minimum Gasteiger partial charge on any atom is -0.478 e. The Hall–Kier alpha value is -3.32. The molecular weight excluding hydrogens is 324 g/mol. The first-order valence-electron chi connectivity index (χ1n) is 8.47. The van der Waals surface area contributed by atoms with Gasteiger partial charge in [0.05, 0.1) is 11.9 Å². The fourth-order valence-corrected chi connectivity index (χ4v) is 2.77. The van der Waals surface area contributed by atoms with Crippen LogP contribution < -0.4 is 0 Å². The molecule has 0 fully saturated rings. The molecule has 0 spiro atoms. The van der Waals surface area contributed by atoms with Crippen LogP contribution in [-0.2, 0) is 6.54 Å². The molecule has 26 heavy (non-hydrogen) atoms. The number of hydrogen-bond donors (Lipinski definition) is 1. The van der Waals surface area contributed by atoms with E-state index in [-0.39, 0.29) is 5.56 Å². The topological polar surface area (TPSA) is 55.1 Å². The van der Waals surface area contributed by atoms with Gasteiger partial charge in [-0.15, -0.1) is 0 Å². The monoisotopic (exact) mass is 344 g/mol. The number of imidazole rings is 1. The molecule has 0 saturated carbocycles. The highest BCUT2D eigenvalue weighted by atomic mass is 16.4. The summed E-state index contributed by atoms with van der Waals surface area (Å²) in [5.41, 5.74) is 4.54. The van der Waals surface area contributed by atoms with Gasteiger partial charge in [-0.05, 0) is 53.4 Å². The lowest BCUT2D eigenvalue weighted by Gasteiger charge is -2.14. The number of carbonyl (C=O) groups is 1. The fourth-order valence-electron chi connectivity index (χ4n) is 2.77. The van der Waals surface area contributed by atoms with E-state index in [2.05, 4.69) is 47.4 Å². The molecule has 4 nitrogen and oxygen atoms in total. The number of hydrogen-bond acceptors (Lipinski definition) is 2. The lowest BCUT2D eigenvalue weighted by atomic mass is 9.95. The molecule has 4 heteroatoms. The van der Waals surface area contributed by atoms with E-state index in [9.17, 15) is 4.79 Å². The number of carboxylic acids is 1. The number of rotatable bonds is 4. The lowest BCUT2D eigenvalue weighted by molar-refractivity contribution is 0.0697. The van der Waals surface area contributed by atoms with Crippen molar-refractivity contribution >= 4 is 5.97 Å². The molecule has 0 radical (unpaired) electrons. The van der Waals surface area contributed by atoms with E-state index in [1.54, 1.807) is 30.5 Å². The first-order valence-corrected chi connectivity index (χ1v) is 8.47. The Kier molecular flexibility index (Phi) is 5.19. The van der Waals surface area contributed by atoms with Crippen LogP contribution in [0.15, 0.2) is 61.2 Å². The SMILES string of the molecule is CC(C)c1cc(C#Cc2ccc(C(=O)O)cc2)ccc1Cn1ccnc1. The van der Waals surface area contributed by atoms with Gasteiger partial charge in [0.2, 0.25) is 0 Å². The molecule has 1 N–H and O–H groups in total. The maximum atomic E-state index is 10.9. The molecule has 1 heterocycles. The Morgan fingerprint density at radius 2 is 1.81 bits per heavy atom. The van der Waals surface area contributed by atoms with Crippen molar-refractivity contribution in [3.05, 3.63) is 89.0 Å². The number of carboxylic acid groups (broad SMARTS) is 1. The van der Waals surface area contributed by atoms with E-state index in [1.807, 2.05) is 18.6 Å². The Labute approximate surface area is 153 Å². The van der Waals surface area contributed by atoms with Gasteiger partial charge in [-0.25, -0.2) is 9.78 Å². The van der Waals surface area contributed by atoms with E-state index < -0.39 is 5.97 Å². The smallest absolute Gasteiger partial charge is 0.335 e. The zero-order valence-corrected chi connectivity index (χ0v) is 14.8. The second-order valence-electron chi connectivity index (χ2n) is 6.44. The van der Waals surface area contributed by atoms with E-state index in [0.29, 0.717) is 5.92 Å². The van der Waals surface area contributed by atoms with Gasteiger partial charge in [0, 0.05) is 30.1 Å². The Bertz CT molecular complexity index is 960. The van der Waals surface area contributed by atoms with Crippen molar-refractivity contribution in [2.24, 2.45) is 0 Å². The van der Waals surface area contributed by atoms with Crippen molar-refractivity contribution in [1.29, 1.82) is 0 Å². The van der Waals surface area contributed by atoms with Gasteiger partial charge >= 0.3 is 5.97 Å². The summed E-state index contributed by atoms with van der Waals surface area (Å²) in [6.07, 6.45) is 5.56. The summed E-state index contributed by atoms with van der Waals surface area (Å²) in [5, 5.41) is 8.94. The normalized spacial score (nSPS) is 10.4. The number of nitrogens with zero attached hydrogens (tertiary/aromatic N) is 2. The van der Waals surface area contributed by atoms with Crippen molar-refractivity contribution in [3.8, 4) is 11.8 Å². The molecule has 0 aliphatic heterocycles. The Morgan fingerprint density at radius 1 is 1.12 bits per heavy atom. The van der Waals surface area contributed by atoms with Crippen molar-refractivity contribution in [3.63, 3.8) is 0 Å². The number of benzene rings is 2. The summed E-state index contributed by atoms with van der Waals surface area (Å²) in [7, 11) is 0. The molecule has 0 aliphatic carbocycles. The zero-order valence-electron chi connectivity index (χ0n) is 14.8. The quantitative estimate of drug-likeness (QED) is 0.723. The third-order valence-corrected chi connectivity index (χ3v) is 4.16. The maximum absolute atomic E-state index is 10.9. The largest absolute Gasteiger partial charge is 0.478 e. The second-order valence-corrected chi connectivity index (χ2v) is 6.44. The van der Waals surface area contributed by atoms with Gasteiger partial charge in [-0.3, -0.25) is 0 Å². The molecule has 1 aromatic heterocycles. The van der Waals surface area contributed by atoms with Crippen molar-refractivity contribution in [2.75, 3.05) is 0 Å². The minimum atomic E-state index is -0.931. The van der Waals surface area contributed by atoms with Gasteiger partial charge in [0.1, 0.15) is 0 Å². The molecule has 0 bridgehead atoms. The molecule has 2 aromatic carbocycles. The highest BCUT2D eigenvalue weighted by Crippen LogP contribution is 2.22. The van der Waals surface area contributed by atoms with Crippen LogP contribution in [0.5, 0.6) is 0 Å². The molecule has 0 atom stereocenters. The summed E-state index contributed by atoms with van der Waals surface area (Å²) >= 11 is 0. The maximum Gasteiger partial charge on any atom is 0.335 e. The summed E-state index contributed by atoms with van der Waals surface area (Å²) in [6.45, 7) is 5.14. The summed E-state index contributed by atoms with van der Waals surface area (Å²) in [5.74, 6) is 5.74. The average molecular weight is 344 g/mol. The first-order chi connectivity index (χ1) is 12.5. The highest BCUT2D eigenvalue weighted by molar-refractivity contribution is 5.87. The molecule has 0 saturated heterocycles. The van der Waals surface area contributed by atoms with Crippen LogP contribution in [-0.4, -0.2) is 20.6 Å². The molecule has 0 aliphatic rings. The first kappa shape index (κ1) is 17.5. The van der Waals surface area contributed by atoms with Gasteiger partial charge in [0.15, 0.2) is 0 Å². The van der Waals surface area contributed by atoms with Crippen molar-refractivity contribution < 1.29 is 9.90 Å². The molecule has 3 aromatic rings. The van der Waals surface area contributed by atoms with Gasteiger partial charge in [-0.1, -0.05) is 31.8 Å². The van der Waals surface area contributed by atoms with Crippen molar-refractivity contribution in [1.82, 2.24) is 9.55 Å². The Morgan fingerprint density at radius 3 is 2.42 bits per heavy atom. The van der Waals surface area contributed by atoms with E-state index in [0.717, 1.165) is 17.7 Å². The third-order valence-electron chi connectivity index (χ3n) is 4.16. The van der Waals surface area contributed by atoms with E-state index in [4.69, 9.17) is 5.11 Å². The minimum absolute atomic E-state index is 0.265. The van der Waals surface area contributed by atoms with Gasteiger partial charge in [0.25, 0.3) is 0 Å². The highest BCUT2D eigenvalue weighted by Gasteiger charge is 2.08. The Balaban J connectivity index is 1.85. The third kappa shape index (κ3) is 4.20. The standard InChI is InChI=1S/C22H20N2O2/c1-16(2)21-13-18(7-10-20(21)14-24-12-11-23-15-24)4-3-17-5-8-19(9-6-17)22(25)26/h5-13,15-16H,14H2,1-2H3,(H,25,26). The van der Waals surface area contributed by atoms with Gasteiger partial charge < -0.3 is 9.67 Å². The van der Waals surface area contributed by atoms with E-state index >= 15 is 0 Å². The molecular formula is C22H20N2O2. The zero-order chi connectivity index (χ0) is 18.5. The number of aromatic nitrogens is 2. The summed E-state index contributed by atoms with van der Waals surface area (Å²) in [6, 6.07) is 12.9. The average Bonchev–Trinajstić information content (AvgIpc) is 3.14.